The van der Waals surface area contributed by atoms with Gasteiger partial charge >= 0.3 is 6.03 Å². The number of amides is 3. The molecule has 0 unspecified atom stereocenters. The van der Waals surface area contributed by atoms with E-state index in [9.17, 15) is 23.1 Å². The Kier molecular flexibility index (Phi) is 9.47. The fraction of sp³-hybridized carbons (Fsp3) is 0.500. The minimum absolute atomic E-state index is 0.00223. The van der Waals surface area contributed by atoms with E-state index >= 15 is 0 Å². The van der Waals surface area contributed by atoms with E-state index in [1.54, 1.807) is 50.8 Å². The highest BCUT2D eigenvalue weighted by Crippen LogP contribution is 2.31. The molecule has 0 radical (unpaired) electrons. The number of hydrogen-bond acceptors (Lipinski definition) is 10. The predicted molar refractivity (Wildman–Crippen MR) is 156 cm³/mol. The highest BCUT2D eigenvalue weighted by atomic mass is 32.2. The molecule has 0 fully saturated rings. The number of aliphatic hydroxyl groups excluding tert-OH is 1. The second-order valence-electron chi connectivity index (χ2n) is 10.9. The van der Waals surface area contributed by atoms with Gasteiger partial charge in [0, 0.05) is 30.8 Å². The summed E-state index contributed by atoms with van der Waals surface area (Å²) < 4.78 is 44.7. The van der Waals surface area contributed by atoms with Crippen LogP contribution in [0.4, 0.5) is 16.2 Å². The average Bonchev–Trinajstić information content (AvgIpc) is 3.47. The zero-order valence-corrected chi connectivity index (χ0v) is 26.1. The van der Waals surface area contributed by atoms with Crippen molar-refractivity contribution >= 4 is 33.3 Å². The predicted octanol–water partition coefficient (Wildman–Crippen LogP) is 3.01. The van der Waals surface area contributed by atoms with E-state index in [-0.39, 0.29) is 54.3 Å². The molecule has 1 aromatic carbocycles. The molecule has 3 heterocycles. The Morgan fingerprint density at radius 2 is 1.81 bits per heavy atom. The van der Waals surface area contributed by atoms with E-state index in [2.05, 4.69) is 20.9 Å². The van der Waals surface area contributed by atoms with Gasteiger partial charge in [0.2, 0.25) is 15.9 Å². The maximum atomic E-state index is 13.5. The fourth-order valence-corrected chi connectivity index (χ4v) is 6.48. The summed E-state index contributed by atoms with van der Waals surface area (Å²) in [5.74, 6) is 0.451. The third-order valence-electron chi connectivity index (χ3n) is 7.52. The number of rotatable bonds is 8. The van der Waals surface area contributed by atoms with E-state index in [0.29, 0.717) is 34.1 Å². The fourth-order valence-electron chi connectivity index (χ4n) is 5.01. The van der Waals surface area contributed by atoms with Crippen molar-refractivity contribution in [1.82, 2.24) is 19.5 Å². The molecule has 0 spiro atoms. The summed E-state index contributed by atoms with van der Waals surface area (Å²) in [4.78, 5) is 27.8. The molecule has 1 aliphatic heterocycles. The molecule has 234 valence electrons. The molecule has 0 aliphatic carbocycles. The van der Waals surface area contributed by atoms with Gasteiger partial charge in [-0.1, -0.05) is 17.2 Å². The van der Waals surface area contributed by atoms with Gasteiger partial charge in [-0.25, -0.2) is 13.2 Å². The maximum absolute atomic E-state index is 13.5. The van der Waals surface area contributed by atoms with Crippen LogP contribution >= 0.6 is 0 Å². The molecule has 2 aromatic heterocycles. The van der Waals surface area contributed by atoms with Crippen LogP contribution in [0.2, 0.25) is 0 Å². The van der Waals surface area contributed by atoms with E-state index in [4.69, 9.17) is 13.8 Å². The van der Waals surface area contributed by atoms with Crippen LogP contribution in [0.15, 0.2) is 32.1 Å². The third kappa shape index (κ3) is 6.84. The van der Waals surface area contributed by atoms with Crippen molar-refractivity contribution in [1.29, 1.82) is 0 Å². The standard InChI is InChI=1S/C28H38N6O8S/c1-15-12-34(16(2)14-35)25(36)11-21-10-22(29-28(37)30-26-17(3)31-41-19(26)5)8-9-23(21)40-24(15)13-33(7)43(38,39)27-18(4)32-42-20(27)6/h8-10,15-16,24,35H,11-14H2,1-7H3,(H2,29,30,37)/t15-,16-,24-/m1/s1. The number of aliphatic hydroxyl groups is 1. The average molecular weight is 619 g/mol. The van der Waals surface area contributed by atoms with Gasteiger partial charge in [-0.15, -0.1) is 0 Å². The lowest BCUT2D eigenvalue weighted by molar-refractivity contribution is -0.134. The topological polar surface area (TPSA) is 180 Å². The molecule has 3 amide bonds. The molecular weight excluding hydrogens is 580 g/mol. The summed E-state index contributed by atoms with van der Waals surface area (Å²) in [6.45, 7) is 10.0. The smallest absolute Gasteiger partial charge is 0.323 e. The maximum Gasteiger partial charge on any atom is 0.323 e. The van der Waals surface area contributed by atoms with Gasteiger partial charge in [0.05, 0.1) is 25.6 Å². The van der Waals surface area contributed by atoms with Crippen molar-refractivity contribution in [2.45, 2.75) is 65.0 Å². The number of ether oxygens (including phenoxy) is 1. The number of urea groups is 1. The van der Waals surface area contributed by atoms with E-state index in [0.717, 1.165) is 0 Å². The first-order chi connectivity index (χ1) is 20.2. The number of carbonyl (C=O) groups excluding carboxylic acids is 2. The summed E-state index contributed by atoms with van der Waals surface area (Å²) in [6, 6.07) is 3.90. The van der Waals surface area contributed by atoms with Crippen molar-refractivity contribution in [3.63, 3.8) is 0 Å². The van der Waals surface area contributed by atoms with Gasteiger partial charge in [-0.2, -0.15) is 4.31 Å². The molecule has 14 nitrogen and oxygen atoms in total. The quantitative estimate of drug-likeness (QED) is 0.340. The first kappa shape index (κ1) is 32.0. The van der Waals surface area contributed by atoms with Crippen LogP contribution in [0, 0.1) is 33.6 Å². The highest BCUT2D eigenvalue weighted by Gasteiger charge is 2.35. The Morgan fingerprint density at radius 1 is 1.14 bits per heavy atom. The molecule has 3 aromatic rings. The highest BCUT2D eigenvalue weighted by molar-refractivity contribution is 7.89. The number of hydrogen-bond donors (Lipinski definition) is 3. The Hall–Kier alpha value is -3.95. The van der Waals surface area contributed by atoms with E-state index in [1.807, 2.05) is 6.92 Å². The van der Waals surface area contributed by atoms with Crippen molar-refractivity contribution in [3.05, 3.63) is 46.7 Å². The monoisotopic (exact) mass is 618 g/mol. The first-order valence-electron chi connectivity index (χ1n) is 13.8. The molecular formula is C28H38N6O8S. The Balaban J connectivity index is 1.64. The molecule has 0 saturated heterocycles. The van der Waals surface area contributed by atoms with Crippen molar-refractivity contribution in [2.75, 3.05) is 37.4 Å². The minimum atomic E-state index is -3.97. The van der Waals surface area contributed by atoms with Gasteiger partial charge in [0.25, 0.3) is 0 Å². The minimum Gasteiger partial charge on any atom is -0.488 e. The molecule has 0 bridgehead atoms. The molecule has 1 aliphatic rings. The summed E-state index contributed by atoms with van der Waals surface area (Å²) >= 11 is 0. The number of likely N-dealkylation sites (N-methyl/N-ethyl adjacent to an activating group) is 1. The van der Waals surface area contributed by atoms with E-state index in [1.165, 1.54) is 18.3 Å². The van der Waals surface area contributed by atoms with Gasteiger partial charge in [-0.3, -0.25) is 4.79 Å². The number of fused-ring (bicyclic) bond motifs is 1. The van der Waals surface area contributed by atoms with Crippen LogP contribution in [0.5, 0.6) is 5.75 Å². The first-order valence-corrected chi connectivity index (χ1v) is 15.3. The number of sulfonamides is 1. The number of aromatic nitrogens is 2. The molecule has 4 rings (SSSR count). The molecule has 0 saturated carbocycles. The zero-order valence-electron chi connectivity index (χ0n) is 25.3. The van der Waals surface area contributed by atoms with Crippen molar-refractivity contribution in [2.24, 2.45) is 5.92 Å². The third-order valence-corrected chi connectivity index (χ3v) is 9.59. The number of nitrogens with one attached hydrogen (secondary N) is 2. The van der Waals surface area contributed by atoms with Crippen molar-refractivity contribution in [3.8, 4) is 5.75 Å². The Labute approximate surface area is 250 Å². The van der Waals surface area contributed by atoms with Crippen LogP contribution in [-0.4, -0.2) is 83.9 Å². The number of nitrogens with zero attached hydrogens (tertiary/aromatic N) is 4. The van der Waals surface area contributed by atoms with Crippen LogP contribution in [0.3, 0.4) is 0 Å². The normalized spacial score (nSPS) is 18.3. The molecule has 15 heteroatoms. The molecule has 43 heavy (non-hydrogen) atoms. The summed E-state index contributed by atoms with van der Waals surface area (Å²) in [7, 11) is -2.52. The van der Waals surface area contributed by atoms with E-state index < -0.39 is 28.2 Å². The molecule has 3 N–H and O–H groups in total. The second-order valence-corrected chi connectivity index (χ2v) is 12.9. The lowest BCUT2D eigenvalue weighted by Crippen LogP contribution is -2.48. The second kappa shape index (κ2) is 12.7. The Bertz CT molecular complexity index is 1560. The number of benzene rings is 1. The van der Waals surface area contributed by atoms with Gasteiger partial charge in [0.1, 0.15) is 33.8 Å². The summed E-state index contributed by atoms with van der Waals surface area (Å²) in [6.07, 6.45) is -0.743. The number of aryl methyl sites for hydroxylation is 4. The largest absolute Gasteiger partial charge is 0.488 e. The lowest BCUT2D eigenvalue weighted by atomic mass is 10.0. The van der Waals surface area contributed by atoms with Gasteiger partial charge in [-0.05, 0) is 52.8 Å². The molecule has 3 atom stereocenters. The summed E-state index contributed by atoms with van der Waals surface area (Å²) in [5, 5.41) is 23.0. The Morgan fingerprint density at radius 3 is 2.42 bits per heavy atom. The van der Waals surface area contributed by atoms with Gasteiger partial charge < -0.3 is 34.4 Å². The summed E-state index contributed by atoms with van der Waals surface area (Å²) in [5.41, 5.74) is 2.14. The SMILES string of the molecule is Cc1noc(C)c1NC(=O)Nc1ccc2c(c1)CC(=O)N([C@H](C)CO)C[C@@H](C)[C@@H](CN(C)S(=O)(=O)c1c(C)noc1C)O2. The zero-order chi connectivity index (χ0) is 31.6. The van der Waals surface area contributed by atoms with Crippen LogP contribution in [0.25, 0.3) is 0 Å². The lowest BCUT2D eigenvalue weighted by Gasteiger charge is -2.33. The number of anilines is 2. The van der Waals surface area contributed by atoms with Crippen LogP contribution in [0.1, 0.15) is 42.3 Å². The van der Waals surface area contributed by atoms with Gasteiger partial charge in [0.15, 0.2) is 11.5 Å². The van der Waals surface area contributed by atoms with Crippen LogP contribution in [-0.2, 0) is 21.2 Å². The van der Waals surface area contributed by atoms with Crippen LogP contribution < -0.4 is 15.4 Å². The number of carbonyl (C=O) groups is 2. The van der Waals surface area contributed by atoms with Crippen molar-refractivity contribution < 1.29 is 36.9 Å².